The second-order valence-electron chi connectivity index (χ2n) is 6.66. The molecular formula is C18H17F3N4O2. The number of methoxy groups -OCH3 is 1. The van der Waals surface area contributed by atoms with E-state index in [0.717, 1.165) is 25.0 Å². The molecule has 2 heterocycles. The van der Waals surface area contributed by atoms with Crippen LogP contribution >= 0.6 is 0 Å². The number of nitrogens with zero attached hydrogens (tertiary/aromatic N) is 4. The molecule has 9 heteroatoms. The zero-order chi connectivity index (χ0) is 19.2. The van der Waals surface area contributed by atoms with E-state index < -0.39 is 11.7 Å². The summed E-state index contributed by atoms with van der Waals surface area (Å²) >= 11 is 0. The highest BCUT2D eigenvalue weighted by atomic mass is 19.4. The van der Waals surface area contributed by atoms with Crippen molar-refractivity contribution in [1.82, 2.24) is 19.3 Å². The summed E-state index contributed by atoms with van der Waals surface area (Å²) in [6.07, 6.45) is 0.371. The number of halogens is 3. The van der Waals surface area contributed by atoms with Crippen LogP contribution in [0.15, 0.2) is 41.6 Å². The molecule has 1 aliphatic rings. The molecule has 6 nitrogen and oxygen atoms in total. The fourth-order valence-electron chi connectivity index (χ4n) is 3.16. The predicted molar refractivity (Wildman–Crippen MR) is 91.6 cm³/mol. The Bertz CT molecular complexity index is 1040. The smallest absolute Gasteiger partial charge is 0.379 e. The average molecular weight is 378 g/mol. The molecule has 142 valence electrons. The number of rotatable bonds is 5. The molecule has 0 radical (unpaired) electrons. The van der Waals surface area contributed by atoms with Gasteiger partial charge in [-0.05, 0) is 37.0 Å². The Balaban J connectivity index is 1.73. The summed E-state index contributed by atoms with van der Waals surface area (Å²) in [6, 6.07) is 4.75. The first kappa shape index (κ1) is 17.7. The van der Waals surface area contributed by atoms with Crippen molar-refractivity contribution in [3.05, 3.63) is 52.7 Å². The summed E-state index contributed by atoms with van der Waals surface area (Å²) in [7, 11) is 1.62. The lowest BCUT2D eigenvalue weighted by Gasteiger charge is -2.15. The van der Waals surface area contributed by atoms with E-state index >= 15 is 0 Å². The van der Waals surface area contributed by atoms with E-state index in [0.29, 0.717) is 12.5 Å². The van der Waals surface area contributed by atoms with Crippen LogP contribution in [0.4, 0.5) is 13.2 Å². The first-order valence-corrected chi connectivity index (χ1v) is 8.52. The predicted octanol–water partition coefficient (Wildman–Crippen LogP) is 3.03. The van der Waals surface area contributed by atoms with Crippen molar-refractivity contribution in [2.75, 3.05) is 7.11 Å². The SMILES string of the molecule is COC(Cn1cnc2c(cnn2-c2cccc(C(F)(F)F)c2)c1=O)C1CC1. The molecule has 0 saturated heterocycles. The molecule has 4 rings (SSSR count). The number of alkyl halides is 3. The molecule has 27 heavy (non-hydrogen) atoms. The highest BCUT2D eigenvalue weighted by Gasteiger charge is 2.32. The van der Waals surface area contributed by atoms with Crippen LogP contribution in [0.25, 0.3) is 16.7 Å². The van der Waals surface area contributed by atoms with Gasteiger partial charge in [0, 0.05) is 7.11 Å². The summed E-state index contributed by atoms with van der Waals surface area (Å²) in [5, 5.41) is 4.33. The number of fused-ring (bicyclic) bond motifs is 1. The van der Waals surface area contributed by atoms with Gasteiger partial charge in [0.25, 0.3) is 5.56 Å². The standard InChI is InChI=1S/C18H17F3N4O2/c1-27-15(11-5-6-11)9-24-10-22-16-14(17(24)26)8-23-25(16)13-4-2-3-12(7-13)18(19,20)21/h2-4,7-8,10-11,15H,5-6,9H2,1H3. The molecule has 1 fully saturated rings. The zero-order valence-corrected chi connectivity index (χ0v) is 14.5. The van der Waals surface area contributed by atoms with Crippen LogP contribution in [0, 0.1) is 5.92 Å². The van der Waals surface area contributed by atoms with Crippen molar-refractivity contribution in [2.45, 2.75) is 31.7 Å². The first-order chi connectivity index (χ1) is 12.9. The van der Waals surface area contributed by atoms with Crippen molar-refractivity contribution < 1.29 is 17.9 Å². The molecule has 2 aromatic heterocycles. The van der Waals surface area contributed by atoms with Gasteiger partial charge >= 0.3 is 6.18 Å². The van der Waals surface area contributed by atoms with E-state index in [9.17, 15) is 18.0 Å². The van der Waals surface area contributed by atoms with Gasteiger partial charge in [-0.2, -0.15) is 18.3 Å². The Morgan fingerprint density at radius 3 is 2.78 bits per heavy atom. The molecule has 1 aliphatic carbocycles. The fourth-order valence-corrected chi connectivity index (χ4v) is 3.16. The highest BCUT2D eigenvalue weighted by molar-refractivity contribution is 5.75. The molecule has 0 aliphatic heterocycles. The molecule has 1 saturated carbocycles. The van der Waals surface area contributed by atoms with Gasteiger partial charge in [-0.25, -0.2) is 9.67 Å². The fraction of sp³-hybridized carbons (Fsp3) is 0.389. The minimum atomic E-state index is -4.46. The van der Waals surface area contributed by atoms with Gasteiger partial charge in [0.1, 0.15) is 11.7 Å². The summed E-state index contributed by atoms with van der Waals surface area (Å²) in [6.45, 7) is 0.387. The molecule has 1 aromatic carbocycles. The molecule has 0 spiro atoms. The third-order valence-electron chi connectivity index (χ3n) is 4.80. The third kappa shape index (κ3) is 3.34. The van der Waals surface area contributed by atoms with Crippen LogP contribution < -0.4 is 5.56 Å². The molecule has 3 aromatic rings. The highest BCUT2D eigenvalue weighted by Crippen LogP contribution is 2.34. The monoisotopic (exact) mass is 378 g/mol. The van der Waals surface area contributed by atoms with Crippen molar-refractivity contribution in [3.8, 4) is 5.69 Å². The second-order valence-corrected chi connectivity index (χ2v) is 6.66. The maximum Gasteiger partial charge on any atom is 0.416 e. The van der Waals surface area contributed by atoms with Gasteiger partial charge in [0.05, 0.1) is 30.1 Å². The normalized spacial score (nSPS) is 16.0. The number of benzene rings is 1. The minimum Gasteiger partial charge on any atom is -0.379 e. The second kappa shape index (κ2) is 6.49. The van der Waals surface area contributed by atoms with E-state index in [1.165, 1.54) is 33.9 Å². The van der Waals surface area contributed by atoms with Gasteiger partial charge in [0.2, 0.25) is 0 Å². The first-order valence-electron chi connectivity index (χ1n) is 8.52. The Morgan fingerprint density at radius 1 is 1.33 bits per heavy atom. The van der Waals surface area contributed by atoms with Crippen LogP contribution in [0.1, 0.15) is 18.4 Å². The van der Waals surface area contributed by atoms with E-state index in [1.807, 2.05) is 0 Å². The summed E-state index contributed by atoms with van der Waals surface area (Å²) in [5.74, 6) is 0.449. The van der Waals surface area contributed by atoms with Gasteiger partial charge in [-0.1, -0.05) is 6.07 Å². The molecule has 0 bridgehead atoms. The third-order valence-corrected chi connectivity index (χ3v) is 4.80. The molecule has 0 N–H and O–H groups in total. The summed E-state index contributed by atoms with van der Waals surface area (Å²) in [4.78, 5) is 17.0. The van der Waals surface area contributed by atoms with Crippen LogP contribution in [-0.2, 0) is 17.5 Å². The Morgan fingerprint density at radius 2 is 2.11 bits per heavy atom. The largest absolute Gasteiger partial charge is 0.416 e. The Labute approximate surface area is 152 Å². The van der Waals surface area contributed by atoms with Crippen LogP contribution in [-0.4, -0.2) is 32.5 Å². The van der Waals surface area contributed by atoms with Crippen molar-refractivity contribution in [1.29, 1.82) is 0 Å². The van der Waals surface area contributed by atoms with Gasteiger partial charge < -0.3 is 4.74 Å². The van der Waals surface area contributed by atoms with Gasteiger partial charge in [0.15, 0.2) is 5.65 Å². The minimum absolute atomic E-state index is 0.0551. The maximum absolute atomic E-state index is 13.0. The summed E-state index contributed by atoms with van der Waals surface area (Å²) < 4.78 is 47.0. The lowest BCUT2D eigenvalue weighted by atomic mass is 10.2. The number of hydrogen-bond donors (Lipinski definition) is 0. The van der Waals surface area contributed by atoms with Crippen LogP contribution in [0.5, 0.6) is 0 Å². The van der Waals surface area contributed by atoms with Crippen molar-refractivity contribution in [2.24, 2.45) is 5.92 Å². The van der Waals surface area contributed by atoms with Crippen molar-refractivity contribution >= 4 is 11.0 Å². The quantitative estimate of drug-likeness (QED) is 0.685. The molecule has 1 unspecified atom stereocenters. The Kier molecular flexibility index (Phi) is 4.26. The van der Waals surface area contributed by atoms with E-state index in [1.54, 1.807) is 7.11 Å². The maximum atomic E-state index is 13.0. The molecule has 0 amide bonds. The summed E-state index contributed by atoms with van der Waals surface area (Å²) in [5.41, 5.74) is -0.668. The lowest BCUT2D eigenvalue weighted by molar-refractivity contribution is -0.137. The number of ether oxygens (including phenoxy) is 1. The molecular weight excluding hydrogens is 361 g/mol. The van der Waals surface area contributed by atoms with E-state index in [4.69, 9.17) is 4.74 Å². The number of hydrogen-bond acceptors (Lipinski definition) is 4. The number of aromatic nitrogens is 4. The molecule has 1 atom stereocenters. The lowest BCUT2D eigenvalue weighted by Crippen LogP contribution is -2.29. The van der Waals surface area contributed by atoms with Crippen molar-refractivity contribution in [3.63, 3.8) is 0 Å². The van der Waals surface area contributed by atoms with E-state index in [-0.39, 0.29) is 28.4 Å². The van der Waals surface area contributed by atoms with Gasteiger partial charge in [-0.15, -0.1) is 0 Å². The topological polar surface area (TPSA) is 61.9 Å². The Hall–Kier alpha value is -2.68. The average Bonchev–Trinajstić information content (AvgIpc) is 3.39. The van der Waals surface area contributed by atoms with Crippen LogP contribution in [0.2, 0.25) is 0 Å². The van der Waals surface area contributed by atoms with Gasteiger partial charge in [-0.3, -0.25) is 9.36 Å². The van der Waals surface area contributed by atoms with Crippen LogP contribution in [0.3, 0.4) is 0 Å². The van der Waals surface area contributed by atoms with E-state index in [2.05, 4.69) is 10.1 Å². The zero-order valence-electron chi connectivity index (χ0n) is 14.5.